The lowest BCUT2D eigenvalue weighted by atomic mass is 10.0. The quantitative estimate of drug-likeness (QED) is 0.616. The average molecular weight is 158 g/mol. The van der Waals surface area contributed by atoms with Crippen molar-refractivity contribution in [1.82, 2.24) is 0 Å². The first-order chi connectivity index (χ1) is 5.79. The number of hydrogen-bond donors (Lipinski definition) is 0. The number of benzene rings is 1. The molecule has 1 aromatic rings. The summed E-state index contributed by atoms with van der Waals surface area (Å²) in [5.41, 5.74) is 3.77. The molecule has 0 saturated heterocycles. The van der Waals surface area contributed by atoms with E-state index in [-0.39, 0.29) is 0 Å². The van der Waals surface area contributed by atoms with E-state index in [0.29, 0.717) is 0 Å². The van der Waals surface area contributed by atoms with E-state index in [1.165, 1.54) is 16.7 Å². The highest BCUT2D eigenvalue weighted by Gasteiger charge is 1.96. The third-order valence-electron chi connectivity index (χ3n) is 1.91. The van der Waals surface area contributed by atoms with E-state index in [1.54, 1.807) is 0 Å². The second kappa shape index (κ2) is 3.91. The summed E-state index contributed by atoms with van der Waals surface area (Å²) in [6.07, 6.45) is 6.06. The Balaban J connectivity index is 3.28. The van der Waals surface area contributed by atoms with Crippen molar-refractivity contribution in [2.24, 2.45) is 0 Å². The lowest BCUT2D eigenvalue weighted by Crippen LogP contribution is -1.84. The zero-order chi connectivity index (χ0) is 8.97. The Morgan fingerprint density at radius 1 is 1.33 bits per heavy atom. The molecule has 0 heterocycles. The highest BCUT2D eigenvalue weighted by molar-refractivity contribution is 5.66. The second-order valence-corrected chi connectivity index (χ2v) is 2.78. The minimum atomic E-state index is 1.20. The van der Waals surface area contributed by atoms with E-state index in [2.05, 4.69) is 43.9 Å². The van der Waals surface area contributed by atoms with Crippen molar-refractivity contribution in [1.29, 1.82) is 0 Å². The maximum Gasteiger partial charge on any atom is -0.0158 e. The molecule has 0 aliphatic rings. The van der Waals surface area contributed by atoms with Crippen molar-refractivity contribution in [2.45, 2.75) is 13.8 Å². The fourth-order valence-electron chi connectivity index (χ4n) is 1.28. The molecule has 0 aliphatic heterocycles. The predicted molar refractivity (Wildman–Crippen MR) is 56.0 cm³/mol. The van der Waals surface area contributed by atoms with E-state index in [4.69, 9.17) is 0 Å². The van der Waals surface area contributed by atoms with Gasteiger partial charge < -0.3 is 0 Å². The number of aryl methyl sites for hydroxylation is 1. The van der Waals surface area contributed by atoms with Crippen LogP contribution in [-0.2, 0) is 0 Å². The highest BCUT2D eigenvalue weighted by Crippen LogP contribution is 2.16. The average Bonchev–Trinajstić information content (AvgIpc) is 2.09. The van der Waals surface area contributed by atoms with Crippen molar-refractivity contribution >= 4 is 12.2 Å². The van der Waals surface area contributed by atoms with Crippen molar-refractivity contribution in [3.63, 3.8) is 0 Å². The van der Waals surface area contributed by atoms with Gasteiger partial charge in [-0.3, -0.25) is 0 Å². The SMILES string of the molecule is C=Cc1cccc(C)c1C=CC. The standard InChI is InChI=1S/C12H14/c1-4-7-12-10(3)8-6-9-11(12)5-2/h4-9H,2H2,1,3H3. The normalized spacial score (nSPS) is 10.5. The van der Waals surface area contributed by atoms with E-state index in [0.717, 1.165) is 0 Å². The van der Waals surface area contributed by atoms with Gasteiger partial charge in [-0.2, -0.15) is 0 Å². The number of hydrogen-bond acceptors (Lipinski definition) is 0. The Bertz CT molecular complexity index is 306. The van der Waals surface area contributed by atoms with Gasteiger partial charge in [-0.1, -0.05) is 43.0 Å². The molecule has 0 unspecified atom stereocenters. The van der Waals surface area contributed by atoms with E-state index >= 15 is 0 Å². The first-order valence-electron chi connectivity index (χ1n) is 4.14. The summed E-state index contributed by atoms with van der Waals surface area (Å²) in [5, 5.41) is 0. The van der Waals surface area contributed by atoms with Crippen LogP contribution in [0.2, 0.25) is 0 Å². The minimum Gasteiger partial charge on any atom is -0.0984 e. The molecular weight excluding hydrogens is 144 g/mol. The lowest BCUT2D eigenvalue weighted by Gasteiger charge is -2.03. The molecule has 0 N–H and O–H groups in total. The van der Waals surface area contributed by atoms with Crippen molar-refractivity contribution in [3.05, 3.63) is 47.5 Å². The van der Waals surface area contributed by atoms with Crippen LogP contribution in [0.3, 0.4) is 0 Å². The summed E-state index contributed by atoms with van der Waals surface area (Å²) in [6, 6.07) is 6.25. The molecule has 0 aliphatic carbocycles. The summed E-state index contributed by atoms with van der Waals surface area (Å²) in [5.74, 6) is 0. The van der Waals surface area contributed by atoms with E-state index < -0.39 is 0 Å². The van der Waals surface area contributed by atoms with Gasteiger partial charge in [0.15, 0.2) is 0 Å². The zero-order valence-corrected chi connectivity index (χ0v) is 7.67. The summed E-state index contributed by atoms with van der Waals surface area (Å²) in [6.45, 7) is 7.92. The van der Waals surface area contributed by atoms with Crippen LogP contribution < -0.4 is 0 Å². The lowest BCUT2D eigenvalue weighted by molar-refractivity contribution is 1.43. The molecule has 0 radical (unpaired) electrons. The maximum absolute atomic E-state index is 3.78. The molecule has 0 saturated carbocycles. The van der Waals surface area contributed by atoms with Crippen molar-refractivity contribution < 1.29 is 0 Å². The van der Waals surface area contributed by atoms with Crippen LogP contribution in [-0.4, -0.2) is 0 Å². The molecule has 12 heavy (non-hydrogen) atoms. The Hall–Kier alpha value is -1.30. The van der Waals surface area contributed by atoms with Crippen LogP contribution in [0.25, 0.3) is 12.2 Å². The predicted octanol–water partition coefficient (Wildman–Crippen LogP) is 3.67. The summed E-state index contributed by atoms with van der Waals surface area (Å²) < 4.78 is 0. The number of allylic oxidation sites excluding steroid dienone is 1. The zero-order valence-electron chi connectivity index (χ0n) is 7.67. The van der Waals surface area contributed by atoms with Crippen LogP contribution in [0.1, 0.15) is 23.6 Å². The van der Waals surface area contributed by atoms with Crippen molar-refractivity contribution in [2.75, 3.05) is 0 Å². The van der Waals surface area contributed by atoms with Gasteiger partial charge in [-0.25, -0.2) is 0 Å². The first-order valence-corrected chi connectivity index (χ1v) is 4.14. The van der Waals surface area contributed by atoms with Gasteiger partial charge >= 0.3 is 0 Å². The van der Waals surface area contributed by atoms with Gasteiger partial charge in [-0.05, 0) is 30.5 Å². The van der Waals surface area contributed by atoms with Gasteiger partial charge in [0.25, 0.3) is 0 Å². The van der Waals surface area contributed by atoms with Gasteiger partial charge in [-0.15, -0.1) is 0 Å². The minimum absolute atomic E-state index is 1.20. The molecule has 1 rings (SSSR count). The largest absolute Gasteiger partial charge is 0.0984 e. The highest BCUT2D eigenvalue weighted by atomic mass is 14.0. The van der Waals surface area contributed by atoms with E-state index in [1.807, 2.05) is 13.0 Å². The smallest absolute Gasteiger partial charge is 0.0158 e. The van der Waals surface area contributed by atoms with Gasteiger partial charge in [0.2, 0.25) is 0 Å². The molecule has 0 amide bonds. The number of rotatable bonds is 2. The molecule has 0 aromatic heterocycles. The topological polar surface area (TPSA) is 0 Å². The first kappa shape index (κ1) is 8.79. The molecule has 0 spiro atoms. The van der Waals surface area contributed by atoms with Gasteiger partial charge in [0.05, 0.1) is 0 Å². The second-order valence-electron chi connectivity index (χ2n) is 2.78. The van der Waals surface area contributed by atoms with E-state index in [9.17, 15) is 0 Å². The van der Waals surface area contributed by atoms with Crippen LogP contribution in [0.4, 0.5) is 0 Å². The third-order valence-corrected chi connectivity index (χ3v) is 1.91. The Labute approximate surface area is 74.2 Å². The van der Waals surface area contributed by atoms with Crippen LogP contribution in [0.15, 0.2) is 30.9 Å². The molecular formula is C12H14. The maximum atomic E-state index is 3.78. The molecule has 0 heteroatoms. The van der Waals surface area contributed by atoms with Crippen molar-refractivity contribution in [3.8, 4) is 0 Å². The molecule has 0 fully saturated rings. The molecule has 0 bridgehead atoms. The Morgan fingerprint density at radius 2 is 2.08 bits per heavy atom. The molecule has 1 aromatic carbocycles. The summed E-state index contributed by atoms with van der Waals surface area (Å²) in [4.78, 5) is 0. The Morgan fingerprint density at radius 3 is 2.67 bits per heavy atom. The Kier molecular flexibility index (Phi) is 2.87. The summed E-state index contributed by atoms with van der Waals surface area (Å²) in [7, 11) is 0. The third kappa shape index (κ3) is 1.65. The molecule has 0 nitrogen and oxygen atoms in total. The fraction of sp³-hybridized carbons (Fsp3) is 0.167. The monoisotopic (exact) mass is 158 g/mol. The van der Waals surface area contributed by atoms with Crippen LogP contribution >= 0.6 is 0 Å². The van der Waals surface area contributed by atoms with Gasteiger partial charge in [0, 0.05) is 0 Å². The van der Waals surface area contributed by atoms with Gasteiger partial charge in [0.1, 0.15) is 0 Å². The van der Waals surface area contributed by atoms with Crippen LogP contribution in [0.5, 0.6) is 0 Å². The molecule has 62 valence electrons. The fourth-order valence-corrected chi connectivity index (χ4v) is 1.28. The van der Waals surface area contributed by atoms with Crippen LogP contribution in [0, 0.1) is 6.92 Å². The summed E-state index contributed by atoms with van der Waals surface area (Å²) >= 11 is 0. The molecule has 0 atom stereocenters.